The highest BCUT2D eigenvalue weighted by atomic mass is 16.4. The van der Waals surface area contributed by atoms with Gasteiger partial charge in [-0.25, -0.2) is 4.79 Å². The second-order valence-electron chi connectivity index (χ2n) is 5.62. The van der Waals surface area contributed by atoms with Crippen LogP contribution in [0.2, 0.25) is 0 Å². The number of nitrogens with zero attached hydrogens (tertiary/aromatic N) is 1. The molecular formula is C16H29NO5. The molecule has 1 amide bonds. The van der Waals surface area contributed by atoms with E-state index in [9.17, 15) is 14.4 Å². The van der Waals surface area contributed by atoms with Crippen molar-refractivity contribution in [1.29, 1.82) is 0 Å². The molecule has 0 aliphatic heterocycles. The van der Waals surface area contributed by atoms with E-state index in [1.807, 2.05) is 0 Å². The average molecular weight is 315 g/mol. The van der Waals surface area contributed by atoms with Crippen LogP contribution in [0.25, 0.3) is 0 Å². The van der Waals surface area contributed by atoms with Gasteiger partial charge in [-0.2, -0.15) is 0 Å². The molecule has 128 valence electrons. The van der Waals surface area contributed by atoms with Gasteiger partial charge < -0.3 is 15.1 Å². The molecule has 0 heterocycles. The largest absolute Gasteiger partial charge is 0.481 e. The first-order valence-electron chi connectivity index (χ1n) is 8.14. The highest BCUT2D eigenvalue weighted by molar-refractivity contribution is 5.83. The summed E-state index contributed by atoms with van der Waals surface area (Å²) in [5, 5.41) is 17.7. The van der Waals surface area contributed by atoms with E-state index in [1.165, 1.54) is 26.2 Å². The Bertz CT molecular complexity index is 356. The zero-order valence-corrected chi connectivity index (χ0v) is 13.7. The van der Waals surface area contributed by atoms with Gasteiger partial charge in [0.15, 0.2) is 0 Å². The minimum Gasteiger partial charge on any atom is -0.481 e. The Kier molecular flexibility index (Phi) is 11.1. The maximum Gasteiger partial charge on any atom is 0.326 e. The summed E-state index contributed by atoms with van der Waals surface area (Å²) in [4.78, 5) is 34.9. The summed E-state index contributed by atoms with van der Waals surface area (Å²) < 4.78 is 0. The molecule has 0 aromatic rings. The number of rotatable bonds is 13. The molecule has 1 atom stereocenters. The Morgan fingerprint density at radius 1 is 0.909 bits per heavy atom. The smallest absolute Gasteiger partial charge is 0.326 e. The first-order chi connectivity index (χ1) is 10.4. The predicted molar refractivity (Wildman–Crippen MR) is 83.7 cm³/mol. The lowest BCUT2D eigenvalue weighted by Crippen LogP contribution is -2.44. The highest BCUT2D eigenvalue weighted by Crippen LogP contribution is 2.11. The number of carbonyl (C=O) groups excluding carboxylic acids is 1. The molecule has 0 aliphatic rings. The van der Waals surface area contributed by atoms with Gasteiger partial charge in [-0.1, -0.05) is 45.4 Å². The number of hydrogen-bond donors (Lipinski definition) is 2. The fraction of sp³-hybridized carbons (Fsp3) is 0.812. The van der Waals surface area contributed by atoms with E-state index in [0.717, 1.165) is 30.6 Å². The maximum atomic E-state index is 12.1. The number of carbonyl (C=O) groups is 3. The summed E-state index contributed by atoms with van der Waals surface area (Å²) in [6.07, 6.45) is 7.61. The Labute approximate surface area is 132 Å². The standard InChI is InChI=1S/C16H29NO5/c1-3-4-5-6-7-8-9-10-14(18)17(12-11-15(19)20)13(2)16(21)22/h13H,3-12H2,1-2H3,(H,19,20)(H,21,22)/t13-/m0/s1. The third-order valence-electron chi connectivity index (χ3n) is 3.71. The van der Waals surface area contributed by atoms with Crippen LogP contribution in [0.3, 0.4) is 0 Å². The molecular weight excluding hydrogens is 286 g/mol. The third-order valence-corrected chi connectivity index (χ3v) is 3.71. The molecule has 0 saturated carbocycles. The fourth-order valence-electron chi connectivity index (χ4n) is 2.26. The molecule has 0 bridgehead atoms. The van der Waals surface area contributed by atoms with Gasteiger partial charge in [0.05, 0.1) is 6.42 Å². The van der Waals surface area contributed by atoms with Crippen LogP contribution in [-0.2, 0) is 14.4 Å². The van der Waals surface area contributed by atoms with E-state index in [2.05, 4.69) is 6.92 Å². The van der Waals surface area contributed by atoms with Crippen LogP contribution in [0, 0.1) is 0 Å². The molecule has 22 heavy (non-hydrogen) atoms. The fourth-order valence-corrected chi connectivity index (χ4v) is 2.26. The molecule has 6 nitrogen and oxygen atoms in total. The van der Waals surface area contributed by atoms with Crippen LogP contribution in [-0.4, -0.2) is 45.5 Å². The summed E-state index contributed by atoms with van der Waals surface area (Å²) in [7, 11) is 0. The molecule has 0 fully saturated rings. The molecule has 0 spiro atoms. The van der Waals surface area contributed by atoms with E-state index in [4.69, 9.17) is 10.2 Å². The summed E-state index contributed by atoms with van der Waals surface area (Å²) in [5.74, 6) is -2.42. The summed E-state index contributed by atoms with van der Waals surface area (Å²) in [6.45, 7) is 3.51. The van der Waals surface area contributed by atoms with Crippen molar-refractivity contribution in [2.24, 2.45) is 0 Å². The number of hydrogen-bond acceptors (Lipinski definition) is 3. The zero-order chi connectivity index (χ0) is 17.0. The lowest BCUT2D eigenvalue weighted by atomic mass is 10.1. The van der Waals surface area contributed by atoms with Crippen LogP contribution in [0.5, 0.6) is 0 Å². The number of aliphatic carboxylic acids is 2. The number of carboxylic acids is 2. The molecule has 0 unspecified atom stereocenters. The minimum atomic E-state index is -1.11. The van der Waals surface area contributed by atoms with Crippen molar-refractivity contribution >= 4 is 17.8 Å². The van der Waals surface area contributed by atoms with Gasteiger partial charge >= 0.3 is 11.9 Å². The van der Waals surface area contributed by atoms with Crippen LogP contribution in [0.15, 0.2) is 0 Å². The van der Waals surface area contributed by atoms with E-state index < -0.39 is 18.0 Å². The van der Waals surface area contributed by atoms with Crippen molar-refractivity contribution in [3.63, 3.8) is 0 Å². The Balaban J connectivity index is 4.16. The Hall–Kier alpha value is -1.59. The van der Waals surface area contributed by atoms with E-state index in [0.29, 0.717) is 0 Å². The lowest BCUT2D eigenvalue weighted by molar-refractivity contribution is -0.150. The van der Waals surface area contributed by atoms with Crippen LogP contribution >= 0.6 is 0 Å². The van der Waals surface area contributed by atoms with Crippen molar-refractivity contribution < 1.29 is 24.6 Å². The SMILES string of the molecule is CCCCCCCCCC(=O)N(CCC(=O)O)[C@@H](C)C(=O)O. The number of unbranched alkanes of at least 4 members (excludes halogenated alkanes) is 6. The second kappa shape index (κ2) is 12.0. The van der Waals surface area contributed by atoms with Crippen molar-refractivity contribution in [3.05, 3.63) is 0 Å². The normalized spacial score (nSPS) is 11.9. The average Bonchev–Trinajstić information content (AvgIpc) is 2.45. The summed E-state index contributed by atoms with van der Waals surface area (Å²) >= 11 is 0. The van der Waals surface area contributed by atoms with Gasteiger partial charge in [-0.3, -0.25) is 9.59 Å². The van der Waals surface area contributed by atoms with Gasteiger partial charge in [-0.15, -0.1) is 0 Å². The summed E-state index contributed by atoms with van der Waals surface area (Å²) in [5.41, 5.74) is 0. The first kappa shape index (κ1) is 20.4. The minimum absolute atomic E-state index is 0.0574. The summed E-state index contributed by atoms with van der Waals surface area (Å²) in [6, 6.07) is -0.989. The lowest BCUT2D eigenvalue weighted by Gasteiger charge is -2.26. The number of amides is 1. The van der Waals surface area contributed by atoms with E-state index >= 15 is 0 Å². The monoisotopic (exact) mass is 315 g/mol. The topological polar surface area (TPSA) is 94.9 Å². The van der Waals surface area contributed by atoms with Crippen molar-refractivity contribution in [3.8, 4) is 0 Å². The Morgan fingerprint density at radius 3 is 1.95 bits per heavy atom. The van der Waals surface area contributed by atoms with Gasteiger partial charge in [-0.05, 0) is 13.3 Å². The van der Waals surface area contributed by atoms with E-state index in [1.54, 1.807) is 0 Å². The highest BCUT2D eigenvalue weighted by Gasteiger charge is 2.25. The molecule has 0 rings (SSSR count). The first-order valence-corrected chi connectivity index (χ1v) is 8.14. The van der Waals surface area contributed by atoms with Crippen LogP contribution in [0.4, 0.5) is 0 Å². The molecule has 0 radical (unpaired) electrons. The van der Waals surface area contributed by atoms with Crippen molar-refractivity contribution in [1.82, 2.24) is 4.90 Å². The Morgan fingerprint density at radius 2 is 1.45 bits per heavy atom. The molecule has 6 heteroatoms. The third kappa shape index (κ3) is 9.37. The molecule has 0 aliphatic carbocycles. The predicted octanol–water partition coefficient (Wildman–Crippen LogP) is 2.90. The van der Waals surface area contributed by atoms with E-state index in [-0.39, 0.29) is 25.3 Å². The van der Waals surface area contributed by atoms with Gasteiger partial charge in [0.25, 0.3) is 0 Å². The van der Waals surface area contributed by atoms with Gasteiger partial charge in [0.2, 0.25) is 5.91 Å². The van der Waals surface area contributed by atoms with Crippen molar-refractivity contribution in [2.45, 2.75) is 77.7 Å². The van der Waals surface area contributed by atoms with Crippen molar-refractivity contribution in [2.75, 3.05) is 6.54 Å². The molecule has 0 aromatic carbocycles. The molecule has 0 aromatic heterocycles. The quantitative estimate of drug-likeness (QED) is 0.510. The van der Waals surface area contributed by atoms with Crippen LogP contribution < -0.4 is 0 Å². The molecule has 2 N–H and O–H groups in total. The maximum absolute atomic E-state index is 12.1. The molecule has 0 saturated heterocycles. The van der Waals surface area contributed by atoms with Gasteiger partial charge in [0, 0.05) is 13.0 Å². The van der Waals surface area contributed by atoms with Crippen LogP contribution in [0.1, 0.15) is 71.6 Å². The van der Waals surface area contributed by atoms with Gasteiger partial charge in [0.1, 0.15) is 6.04 Å². The number of carboxylic acid groups (broad SMARTS) is 2. The second-order valence-corrected chi connectivity index (χ2v) is 5.62. The zero-order valence-electron chi connectivity index (χ0n) is 13.7.